The molecule has 1 atom stereocenters. The van der Waals surface area contributed by atoms with E-state index in [4.69, 9.17) is 14.9 Å². The van der Waals surface area contributed by atoms with E-state index in [1.54, 1.807) is 14.0 Å². The second-order valence-corrected chi connectivity index (χ2v) is 4.26. The minimum Gasteiger partial charge on any atom is -0.477 e. The Balaban J connectivity index is 4.21. The molecular formula is C11H20NO5+. The zero-order chi connectivity index (χ0) is 13.5. The normalized spacial score (nSPS) is 13.8. The van der Waals surface area contributed by atoms with Crippen molar-refractivity contribution in [2.45, 2.75) is 6.92 Å². The van der Waals surface area contributed by atoms with Gasteiger partial charge in [0.1, 0.15) is 19.7 Å². The van der Waals surface area contributed by atoms with Crippen molar-refractivity contribution in [3.8, 4) is 0 Å². The Labute approximate surface area is 101 Å². The van der Waals surface area contributed by atoms with E-state index >= 15 is 0 Å². The molecule has 0 aromatic heterocycles. The highest BCUT2D eigenvalue weighted by molar-refractivity contribution is 5.86. The zero-order valence-electron chi connectivity index (χ0n) is 10.3. The summed E-state index contributed by atoms with van der Waals surface area (Å²) in [5, 5.41) is 17.6. The monoisotopic (exact) mass is 246 g/mol. The fourth-order valence-electron chi connectivity index (χ4n) is 1.32. The molecule has 0 aliphatic rings. The van der Waals surface area contributed by atoms with E-state index in [9.17, 15) is 9.59 Å². The summed E-state index contributed by atoms with van der Waals surface area (Å²) in [5.41, 5.74) is 0.305. The van der Waals surface area contributed by atoms with Crippen LogP contribution in [-0.2, 0) is 14.3 Å². The molecule has 0 radical (unpaired) electrons. The van der Waals surface area contributed by atoms with E-state index < -0.39 is 11.9 Å². The molecule has 0 aromatic rings. The van der Waals surface area contributed by atoms with Crippen LogP contribution in [0.1, 0.15) is 6.92 Å². The third-order valence-corrected chi connectivity index (χ3v) is 2.37. The third-order valence-electron chi connectivity index (χ3n) is 2.37. The van der Waals surface area contributed by atoms with Gasteiger partial charge in [-0.25, -0.2) is 9.59 Å². The topological polar surface area (TPSA) is 83.8 Å². The predicted molar refractivity (Wildman–Crippen MR) is 61.3 cm³/mol. The summed E-state index contributed by atoms with van der Waals surface area (Å²) in [6.07, 6.45) is 0. The zero-order valence-corrected chi connectivity index (χ0v) is 10.3. The Kier molecular flexibility index (Phi) is 6.45. The van der Waals surface area contributed by atoms with Crippen LogP contribution in [0.4, 0.5) is 0 Å². The molecule has 6 nitrogen and oxygen atoms in total. The number of carboxylic acids is 1. The SMILES string of the molecule is C=C(C)C(=O)OCC[N+](C)(CCO)CC(=O)O. The second-order valence-electron chi connectivity index (χ2n) is 4.26. The summed E-state index contributed by atoms with van der Waals surface area (Å²) in [6.45, 7) is 5.50. The highest BCUT2D eigenvalue weighted by atomic mass is 16.5. The van der Waals surface area contributed by atoms with Crippen molar-refractivity contribution in [1.29, 1.82) is 0 Å². The first-order valence-electron chi connectivity index (χ1n) is 5.29. The largest absolute Gasteiger partial charge is 0.477 e. The number of carboxylic acid groups (broad SMARTS) is 1. The van der Waals surface area contributed by atoms with Crippen LogP contribution in [-0.4, -0.2) is 66.5 Å². The Hall–Kier alpha value is -1.40. The van der Waals surface area contributed by atoms with E-state index in [0.29, 0.717) is 18.7 Å². The smallest absolute Gasteiger partial charge is 0.359 e. The van der Waals surface area contributed by atoms with Crippen LogP contribution in [0.5, 0.6) is 0 Å². The van der Waals surface area contributed by atoms with Gasteiger partial charge >= 0.3 is 11.9 Å². The lowest BCUT2D eigenvalue weighted by Crippen LogP contribution is -2.51. The molecular weight excluding hydrogens is 226 g/mol. The summed E-state index contributed by atoms with van der Waals surface area (Å²) >= 11 is 0. The number of aliphatic hydroxyl groups excluding tert-OH is 1. The molecule has 0 fully saturated rings. The first-order chi connectivity index (χ1) is 7.80. The molecule has 0 saturated heterocycles. The van der Waals surface area contributed by atoms with Crippen LogP contribution in [0.15, 0.2) is 12.2 Å². The van der Waals surface area contributed by atoms with Crippen LogP contribution < -0.4 is 0 Å². The lowest BCUT2D eigenvalue weighted by atomic mass is 10.3. The Morgan fingerprint density at radius 2 is 1.94 bits per heavy atom. The number of quaternary nitrogens is 1. The molecule has 0 spiro atoms. The number of carbonyl (C=O) groups is 2. The molecule has 1 unspecified atom stereocenters. The Bertz CT molecular complexity index is 302. The number of aliphatic hydroxyl groups is 1. The Morgan fingerprint density at radius 3 is 2.35 bits per heavy atom. The van der Waals surface area contributed by atoms with Gasteiger partial charge in [-0.1, -0.05) is 6.58 Å². The van der Waals surface area contributed by atoms with Gasteiger partial charge in [0, 0.05) is 5.57 Å². The maximum absolute atomic E-state index is 11.1. The van der Waals surface area contributed by atoms with Crippen molar-refractivity contribution in [1.82, 2.24) is 0 Å². The fourth-order valence-corrected chi connectivity index (χ4v) is 1.32. The van der Waals surface area contributed by atoms with Crippen LogP contribution in [0.25, 0.3) is 0 Å². The van der Waals surface area contributed by atoms with Crippen molar-refractivity contribution >= 4 is 11.9 Å². The summed E-state index contributed by atoms with van der Waals surface area (Å²) in [6, 6.07) is 0. The van der Waals surface area contributed by atoms with Gasteiger partial charge in [-0.05, 0) is 6.92 Å². The molecule has 17 heavy (non-hydrogen) atoms. The van der Waals surface area contributed by atoms with Crippen LogP contribution in [0.2, 0.25) is 0 Å². The van der Waals surface area contributed by atoms with Gasteiger partial charge in [0.05, 0.1) is 13.7 Å². The van der Waals surface area contributed by atoms with Gasteiger partial charge in [0.25, 0.3) is 0 Å². The average Bonchev–Trinajstić information content (AvgIpc) is 2.15. The molecule has 0 aliphatic carbocycles. The molecule has 0 rings (SSSR count). The molecule has 2 N–H and O–H groups in total. The quantitative estimate of drug-likeness (QED) is 0.347. The minimum atomic E-state index is -0.952. The van der Waals surface area contributed by atoms with Gasteiger partial charge in [-0.3, -0.25) is 0 Å². The van der Waals surface area contributed by atoms with Gasteiger partial charge in [0.15, 0.2) is 6.54 Å². The number of aliphatic carboxylic acids is 1. The minimum absolute atomic E-state index is 0.107. The summed E-state index contributed by atoms with van der Waals surface area (Å²) < 4.78 is 5.02. The number of esters is 1. The standard InChI is InChI=1S/C11H19NO5/c1-9(2)11(16)17-7-5-12(3,4-6-13)8-10(14)15/h13H,1,4-8H2,2-3H3/p+1. The van der Waals surface area contributed by atoms with Gasteiger partial charge in [0.2, 0.25) is 0 Å². The number of likely N-dealkylation sites (N-methyl/N-ethyl adjacent to an activating group) is 1. The molecule has 0 aliphatic heterocycles. The van der Waals surface area contributed by atoms with Crippen LogP contribution in [0, 0.1) is 0 Å². The second kappa shape index (κ2) is 7.03. The molecule has 0 aromatic carbocycles. The average molecular weight is 246 g/mol. The van der Waals surface area contributed by atoms with Crippen molar-refractivity contribution in [3.63, 3.8) is 0 Å². The molecule has 0 bridgehead atoms. The maximum Gasteiger partial charge on any atom is 0.359 e. The van der Waals surface area contributed by atoms with Crippen molar-refractivity contribution in [3.05, 3.63) is 12.2 Å². The highest BCUT2D eigenvalue weighted by Crippen LogP contribution is 2.02. The number of carbonyl (C=O) groups excluding carboxylic acids is 1. The molecule has 0 saturated carbocycles. The Morgan fingerprint density at radius 1 is 1.35 bits per heavy atom. The number of hydrogen-bond donors (Lipinski definition) is 2. The first kappa shape index (κ1) is 15.6. The van der Waals surface area contributed by atoms with Gasteiger partial charge in [-0.2, -0.15) is 0 Å². The van der Waals surface area contributed by atoms with E-state index in [1.165, 1.54) is 0 Å². The predicted octanol–water partition coefficient (Wildman–Crippen LogP) is -0.371. The lowest BCUT2D eigenvalue weighted by molar-refractivity contribution is -0.903. The van der Waals surface area contributed by atoms with Gasteiger partial charge < -0.3 is 19.4 Å². The molecule has 6 heteroatoms. The van der Waals surface area contributed by atoms with E-state index in [2.05, 4.69) is 6.58 Å². The third kappa shape index (κ3) is 6.70. The van der Waals surface area contributed by atoms with Gasteiger partial charge in [-0.15, -0.1) is 0 Å². The number of nitrogens with zero attached hydrogens (tertiary/aromatic N) is 1. The number of rotatable bonds is 8. The van der Waals surface area contributed by atoms with Crippen molar-refractivity contribution in [2.24, 2.45) is 0 Å². The first-order valence-corrected chi connectivity index (χ1v) is 5.29. The van der Waals surface area contributed by atoms with Crippen molar-refractivity contribution < 1.29 is 29.0 Å². The van der Waals surface area contributed by atoms with Crippen molar-refractivity contribution in [2.75, 3.05) is 39.9 Å². The highest BCUT2D eigenvalue weighted by Gasteiger charge is 2.25. The van der Waals surface area contributed by atoms with Crippen LogP contribution in [0.3, 0.4) is 0 Å². The van der Waals surface area contributed by atoms with E-state index in [0.717, 1.165) is 0 Å². The van der Waals surface area contributed by atoms with E-state index in [-0.39, 0.29) is 24.2 Å². The van der Waals surface area contributed by atoms with Crippen LogP contribution >= 0.6 is 0 Å². The number of hydrogen-bond acceptors (Lipinski definition) is 4. The lowest BCUT2D eigenvalue weighted by Gasteiger charge is -2.31. The molecule has 0 amide bonds. The van der Waals surface area contributed by atoms with E-state index in [1.807, 2.05) is 0 Å². The number of ether oxygens (including phenoxy) is 1. The molecule has 0 heterocycles. The fraction of sp³-hybridized carbons (Fsp3) is 0.636. The summed E-state index contributed by atoms with van der Waals surface area (Å²) in [7, 11) is 1.69. The maximum atomic E-state index is 11.1. The summed E-state index contributed by atoms with van der Waals surface area (Å²) in [4.78, 5) is 21.8. The molecule has 98 valence electrons. The summed E-state index contributed by atoms with van der Waals surface area (Å²) in [5.74, 6) is -1.44.